The molecule has 0 saturated heterocycles. The molecule has 1 atom stereocenters. The molecule has 0 spiro atoms. The molecule has 0 saturated carbocycles. The van der Waals surface area contributed by atoms with Gasteiger partial charge in [-0.25, -0.2) is 0 Å². The van der Waals surface area contributed by atoms with Crippen LogP contribution in [0.1, 0.15) is 24.9 Å². The zero-order valence-corrected chi connectivity index (χ0v) is 9.44. The van der Waals surface area contributed by atoms with Crippen molar-refractivity contribution in [1.29, 1.82) is 0 Å². The molecule has 86 valence electrons. The van der Waals surface area contributed by atoms with E-state index < -0.39 is 12.0 Å². The summed E-state index contributed by atoms with van der Waals surface area (Å²) >= 11 is 0. The average molecular weight is 219 g/mol. The van der Waals surface area contributed by atoms with Crippen LogP contribution in [-0.2, 0) is 4.79 Å². The molecule has 0 aromatic heterocycles. The highest BCUT2D eigenvalue weighted by Gasteiger charge is 2.17. The molecule has 1 aromatic rings. The van der Waals surface area contributed by atoms with Crippen molar-refractivity contribution in [2.24, 2.45) is 0 Å². The first kappa shape index (κ1) is 12.5. The van der Waals surface area contributed by atoms with Gasteiger partial charge in [0.05, 0.1) is 0 Å². The van der Waals surface area contributed by atoms with Gasteiger partial charge in [-0.15, -0.1) is 6.58 Å². The van der Waals surface area contributed by atoms with Crippen molar-refractivity contribution in [3.8, 4) is 0 Å². The molecule has 3 nitrogen and oxygen atoms in total. The maximum absolute atomic E-state index is 11.1. The molecule has 0 fully saturated rings. The van der Waals surface area contributed by atoms with Gasteiger partial charge in [0, 0.05) is 0 Å². The molecule has 0 aliphatic carbocycles. The van der Waals surface area contributed by atoms with Crippen LogP contribution in [0.4, 0.5) is 0 Å². The van der Waals surface area contributed by atoms with Crippen LogP contribution in [0.25, 0.3) is 0 Å². The first-order valence-electron chi connectivity index (χ1n) is 5.27. The van der Waals surface area contributed by atoms with E-state index in [1.807, 2.05) is 37.3 Å². The van der Waals surface area contributed by atoms with E-state index in [4.69, 9.17) is 5.11 Å². The zero-order chi connectivity index (χ0) is 12.0. The van der Waals surface area contributed by atoms with Gasteiger partial charge >= 0.3 is 5.97 Å². The van der Waals surface area contributed by atoms with Crippen LogP contribution < -0.4 is 5.32 Å². The third kappa shape index (κ3) is 3.87. The van der Waals surface area contributed by atoms with Crippen LogP contribution in [0.15, 0.2) is 42.5 Å². The molecule has 16 heavy (non-hydrogen) atoms. The van der Waals surface area contributed by atoms with E-state index >= 15 is 0 Å². The van der Waals surface area contributed by atoms with Crippen LogP contribution in [0, 0.1) is 0 Å². The standard InChI is InChI=1S/C13H17NO2/c1-10(2)8-9-14-12(13(15)16)11-6-4-3-5-7-11/h3-7,12,14H,1,8-9H2,2H3,(H,15,16). The fraction of sp³-hybridized carbons (Fsp3) is 0.308. The summed E-state index contributed by atoms with van der Waals surface area (Å²) in [5.41, 5.74) is 1.82. The normalized spacial score (nSPS) is 12.1. The second-order valence-electron chi connectivity index (χ2n) is 3.84. The van der Waals surface area contributed by atoms with Crippen LogP contribution in [0.2, 0.25) is 0 Å². The predicted octanol–water partition coefficient (Wildman–Crippen LogP) is 2.37. The Balaban J connectivity index is 2.62. The second-order valence-corrected chi connectivity index (χ2v) is 3.84. The number of carbonyl (C=O) groups is 1. The number of carboxylic acid groups (broad SMARTS) is 1. The molecule has 1 unspecified atom stereocenters. The van der Waals surface area contributed by atoms with Crippen LogP contribution in [0.5, 0.6) is 0 Å². The Morgan fingerprint density at radius 2 is 2.06 bits per heavy atom. The average Bonchev–Trinajstić information content (AvgIpc) is 2.25. The summed E-state index contributed by atoms with van der Waals surface area (Å²) in [7, 11) is 0. The van der Waals surface area contributed by atoms with E-state index in [9.17, 15) is 4.79 Å². The predicted molar refractivity (Wildman–Crippen MR) is 64.3 cm³/mol. The lowest BCUT2D eigenvalue weighted by Gasteiger charge is -2.14. The van der Waals surface area contributed by atoms with Crippen molar-refractivity contribution >= 4 is 5.97 Å². The molecule has 0 radical (unpaired) electrons. The van der Waals surface area contributed by atoms with Gasteiger partial charge in [-0.1, -0.05) is 35.9 Å². The summed E-state index contributed by atoms with van der Waals surface area (Å²) in [6.07, 6.45) is 0.788. The molecule has 3 heteroatoms. The Hall–Kier alpha value is -1.61. The van der Waals surface area contributed by atoms with Gasteiger partial charge in [0.1, 0.15) is 6.04 Å². The number of benzene rings is 1. The summed E-state index contributed by atoms with van der Waals surface area (Å²) in [6, 6.07) is 8.54. The molecule has 1 rings (SSSR count). The third-order valence-electron chi connectivity index (χ3n) is 2.28. The van der Waals surface area contributed by atoms with E-state index in [1.165, 1.54) is 0 Å². The van der Waals surface area contributed by atoms with Crippen LogP contribution >= 0.6 is 0 Å². The Morgan fingerprint density at radius 1 is 1.44 bits per heavy atom. The fourth-order valence-corrected chi connectivity index (χ4v) is 1.42. The molecular weight excluding hydrogens is 202 g/mol. The van der Waals surface area contributed by atoms with Crippen molar-refractivity contribution in [2.45, 2.75) is 19.4 Å². The first-order valence-corrected chi connectivity index (χ1v) is 5.27. The number of hydrogen-bond donors (Lipinski definition) is 2. The van der Waals surface area contributed by atoms with E-state index in [-0.39, 0.29) is 0 Å². The molecule has 0 aliphatic rings. The van der Waals surface area contributed by atoms with Gasteiger partial charge in [-0.05, 0) is 25.5 Å². The summed E-state index contributed by atoms with van der Waals surface area (Å²) < 4.78 is 0. The second kappa shape index (κ2) is 6.08. The van der Waals surface area contributed by atoms with Crippen molar-refractivity contribution < 1.29 is 9.90 Å². The number of aliphatic carboxylic acids is 1. The van der Waals surface area contributed by atoms with E-state index in [0.717, 1.165) is 17.6 Å². The maximum atomic E-state index is 11.1. The van der Waals surface area contributed by atoms with Gasteiger partial charge in [-0.3, -0.25) is 4.79 Å². The quantitative estimate of drug-likeness (QED) is 0.722. The molecule has 2 N–H and O–H groups in total. The van der Waals surface area contributed by atoms with Gasteiger partial charge in [0.15, 0.2) is 0 Å². The lowest BCUT2D eigenvalue weighted by atomic mass is 10.1. The molecule has 0 amide bonds. The monoisotopic (exact) mass is 219 g/mol. The van der Waals surface area contributed by atoms with Gasteiger partial charge in [0.25, 0.3) is 0 Å². The Morgan fingerprint density at radius 3 is 2.56 bits per heavy atom. The number of hydrogen-bond acceptors (Lipinski definition) is 2. The molecule has 0 heterocycles. The van der Waals surface area contributed by atoms with Crippen molar-refractivity contribution in [3.05, 3.63) is 48.0 Å². The van der Waals surface area contributed by atoms with Crippen LogP contribution in [0.3, 0.4) is 0 Å². The Kier molecular flexibility index (Phi) is 4.73. The minimum absolute atomic E-state index is 0.626. The highest BCUT2D eigenvalue weighted by molar-refractivity contribution is 5.75. The van der Waals surface area contributed by atoms with Crippen molar-refractivity contribution in [2.75, 3.05) is 6.54 Å². The van der Waals surface area contributed by atoms with Gasteiger partial charge in [0.2, 0.25) is 0 Å². The summed E-state index contributed by atoms with van der Waals surface area (Å²) in [6.45, 7) is 6.34. The summed E-state index contributed by atoms with van der Waals surface area (Å²) in [4.78, 5) is 11.1. The smallest absolute Gasteiger partial charge is 0.325 e. The van der Waals surface area contributed by atoms with E-state index in [1.54, 1.807) is 0 Å². The number of carboxylic acids is 1. The lowest BCUT2D eigenvalue weighted by Crippen LogP contribution is -2.29. The number of rotatable bonds is 6. The largest absolute Gasteiger partial charge is 0.480 e. The lowest BCUT2D eigenvalue weighted by molar-refractivity contribution is -0.139. The van der Waals surface area contributed by atoms with Gasteiger partial charge in [-0.2, -0.15) is 0 Å². The molecule has 0 aliphatic heterocycles. The SMILES string of the molecule is C=C(C)CCNC(C(=O)O)c1ccccc1. The Bertz CT molecular complexity index is 359. The molecular formula is C13H17NO2. The minimum Gasteiger partial charge on any atom is -0.480 e. The highest BCUT2D eigenvalue weighted by Crippen LogP contribution is 2.12. The highest BCUT2D eigenvalue weighted by atomic mass is 16.4. The molecule has 0 bridgehead atoms. The molecule has 1 aromatic carbocycles. The van der Waals surface area contributed by atoms with Crippen molar-refractivity contribution in [1.82, 2.24) is 5.32 Å². The Labute approximate surface area is 95.8 Å². The summed E-state index contributed by atoms with van der Waals surface area (Å²) in [5.74, 6) is -0.854. The fourth-order valence-electron chi connectivity index (χ4n) is 1.42. The minimum atomic E-state index is -0.854. The summed E-state index contributed by atoms with van der Waals surface area (Å²) in [5, 5.41) is 12.1. The number of nitrogens with one attached hydrogen (secondary N) is 1. The van der Waals surface area contributed by atoms with E-state index in [2.05, 4.69) is 11.9 Å². The first-order chi connectivity index (χ1) is 7.61. The zero-order valence-electron chi connectivity index (χ0n) is 9.44. The maximum Gasteiger partial charge on any atom is 0.325 e. The van der Waals surface area contributed by atoms with Crippen LogP contribution in [-0.4, -0.2) is 17.6 Å². The van der Waals surface area contributed by atoms with E-state index in [0.29, 0.717) is 6.54 Å². The van der Waals surface area contributed by atoms with Crippen molar-refractivity contribution in [3.63, 3.8) is 0 Å². The van der Waals surface area contributed by atoms with Gasteiger partial charge < -0.3 is 10.4 Å². The third-order valence-corrected chi connectivity index (χ3v) is 2.28. The topological polar surface area (TPSA) is 49.3 Å².